The van der Waals surface area contributed by atoms with Crippen LogP contribution >= 0.6 is 11.6 Å². The largest absolute Gasteiger partial charge is 0.492 e. The zero-order valence-electron chi connectivity index (χ0n) is 19.0. The minimum Gasteiger partial charge on any atom is -0.492 e. The van der Waals surface area contributed by atoms with Crippen LogP contribution in [0, 0.1) is 0 Å². The van der Waals surface area contributed by atoms with Gasteiger partial charge in [-0.15, -0.1) is 0 Å². The lowest BCUT2D eigenvalue weighted by molar-refractivity contribution is 0.121. The van der Waals surface area contributed by atoms with Crippen molar-refractivity contribution in [1.29, 1.82) is 0 Å². The molecule has 0 aliphatic carbocycles. The maximum absolute atomic E-state index is 12.8. The molecule has 7 heteroatoms. The number of H-pyrrole nitrogens is 1. The molecule has 2 N–H and O–H groups in total. The molecule has 2 aromatic heterocycles. The predicted molar refractivity (Wildman–Crippen MR) is 136 cm³/mol. The van der Waals surface area contributed by atoms with E-state index >= 15 is 0 Å². The molecule has 6 bridgehead atoms. The van der Waals surface area contributed by atoms with Crippen LogP contribution < -0.4 is 10.3 Å². The summed E-state index contributed by atoms with van der Waals surface area (Å²) in [7, 11) is 1.76. The molecule has 1 atom stereocenters. The molecule has 1 unspecified atom stereocenters. The molecule has 35 heavy (non-hydrogen) atoms. The average Bonchev–Trinajstić information content (AvgIpc) is 3.42. The summed E-state index contributed by atoms with van der Waals surface area (Å²) in [6.07, 6.45) is 3.80. The first-order valence-corrected chi connectivity index (χ1v) is 11.7. The molecule has 0 saturated carbocycles. The predicted octanol–water partition coefficient (Wildman–Crippen LogP) is 4.80. The highest BCUT2D eigenvalue weighted by Crippen LogP contribution is 2.41. The molecular formula is C28H22ClN3O3. The first-order chi connectivity index (χ1) is 16.9. The highest BCUT2D eigenvalue weighted by Gasteiger charge is 2.36. The number of aromatic nitrogens is 3. The number of aliphatic hydroxyl groups is 1. The van der Waals surface area contributed by atoms with Crippen LogP contribution in [0.2, 0.25) is 5.02 Å². The van der Waals surface area contributed by atoms with E-state index in [0.717, 1.165) is 27.6 Å². The zero-order valence-corrected chi connectivity index (χ0v) is 19.7. The van der Waals surface area contributed by atoms with Gasteiger partial charge in [-0.05, 0) is 52.1 Å². The van der Waals surface area contributed by atoms with Crippen LogP contribution in [0.1, 0.15) is 22.4 Å². The molecule has 6 nitrogen and oxygen atoms in total. The van der Waals surface area contributed by atoms with Crippen molar-refractivity contribution in [2.45, 2.75) is 12.0 Å². The van der Waals surface area contributed by atoms with Crippen LogP contribution in [0.15, 0.2) is 84.0 Å². The summed E-state index contributed by atoms with van der Waals surface area (Å²) in [5.41, 5.74) is 3.66. The van der Waals surface area contributed by atoms with Crippen LogP contribution in [0.3, 0.4) is 0 Å². The Balaban J connectivity index is 1.73. The number of benzene rings is 3. The fraction of sp³-hybridized carbons (Fsp3) is 0.143. The Hall–Kier alpha value is -3.87. The summed E-state index contributed by atoms with van der Waals surface area (Å²) < 4.78 is 7.68. The van der Waals surface area contributed by atoms with Crippen molar-refractivity contribution in [2.24, 2.45) is 7.05 Å². The number of nitrogens with zero attached hydrogens (tertiary/aromatic N) is 2. The van der Waals surface area contributed by atoms with Gasteiger partial charge in [-0.25, -0.2) is 4.98 Å². The average molecular weight is 484 g/mol. The quantitative estimate of drug-likeness (QED) is 0.359. The number of ether oxygens (including phenoxy) is 1. The molecule has 0 spiro atoms. The Morgan fingerprint density at radius 3 is 2.74 bits per heavy atom. The summed E-state index contributed by atoms with van der Waals surface area (Å²) in [5.74, 6) is 0.499. The topological polar surface area (TPSA) is 80.1 Å². The van der Waals surface area contributed by atoms with Crippen molar-refractivity contribution in [3.63, 3.8) is 0 Å². The number of halogens is 1. The van der Waals surface area contributed by atoms with Crippen LogP contribution in [0.5, 0.6) is 5.75 Å². The van der Waals surface area contributed by atoms with Gasteiger partial charge in [0.15, 0.2) is 5.60 Å². The highest BCUT2D eigenvalue weighted by molar-refractivity contribution is 6.32. The van der Waals surface area contributed by atoms with Crippen LogP contribution in [-0.4, -0.2) is 26.2 Å². The molecule has 3 heterocycles. The molecule has 0 amide bonds. The number of hydrogen-bond donors (Lipinski definition) is 2. The Morgan fingerprint density at radius 2 is 1.91 bits per heavy atom. The molecule has 0 radical (unpaired) electrons. The van der Waals surface area contributed by atoms with Gasteiger partial charge in [0.2, 0.25) is 0 Å². The number of hydrogen-bond acceptors (Lipinski definition) is 4. The van der Waals surface area contributed by atoms with Gasteiger partial charge in [-0.1, -0.05) is 48.0 Å². The lowest BCUT2D eigenvalue weighted by Gasteiger charge is -2.29. The third-order valence-electron chi connectivity index (χ3n) is 6.79. The van der Waals surface area contributed by atoms with Gasteiger partial charge in [0.25, 0.3) is 5.56 Å². The Labute approximate surface area is 206 Å². The van der Waals surface area contributed by atoms with Crippen molar-refractivity contribution in [2.75, 3.05) is 6.61 Å². The van der Waals surface area contributed by atoms with E-state index in [1.54, 1.807) is 42.1 Å². The maximum Gasteiger partial charge on any atom is 0.251 e. The Morgan fingerprint density at radius 1 is 1.09 bits per heavy atom. The van der Waals surface area contributed by atoms with E-state index in [-0.39, 0.29) is 5.56 Å². The van der Waals surface area contributed by atoms with E-state index < -0.39 is 5.60 Å². The molecule has 0 fully saturated rings. The summed E-state index contributed by atoms with van der Waals surface area (Å²) in [6, 6.07) is 20.7. The summed E-state index contributed by atoms with van der Waals surface area (Å²) in [6.45, 7) is 0.409. The van der Waals surface area contributed by atoms with Crippen molar-refractivity contribution < 1.29 is 9.84 Å². The summed E-state index contributed by atoms with van der Waals surface area (Å²) in [4.78, 5) is 20.1. The zero-order chi connectivity index (χ0) is 24.2. The van der Waals surface area contributed by atoms with Crippen molar-refractivity contribution in [3.05, 3.63) is 117 Å². The molecule has 3 aromatic carbocycles. The monoisotopic (exact) mass is 483 g/mol. The van der Waals surface area contributed by atoms with E-state index in [0.29, 0.717) is 40.6 Å². The number of pyridine rings is 1. The fourth-order valence-corrected chi connectivity index (χ4v) is 5.04. The molecule has 5 aromatic rings. The van der Waals surface area contributed by atoms with Crippen LogP contribution in [-0.2, 0) is 19.1 Å². The smallest absolute Gasteiger partial charge is 0.251 e. The van der Waals surface area contributed by atoms with Gasteiger partial charge in [0.05, 0.1) is 35.4 Å². The standard InChI is InChI=1S/C28H22ClN3O3/c1-32-24-8-6-19-12-22(24)21(14-27(32)33)18-4-2-3-17(11-18)9-10-35-25-13-20(5-7-23(25)29)28(19,34)26-15-30-16-31-26/h2-8,11-16,34H,9-10H2,1H3,(H,30,31). The van der Waals surface area contributed by atoms with Crippen molar-refractivity contribution in [3.8, 4) is 16.9 Å². The number of aromatic amines is 1. The minimum absolute atomic E-state index is 0.0960. The van der Waals surface area contributed by atoms with Gasteiger partial charge in [-0.2, -0.15) is 0 Å². The molecule has 174 valence electrons. The Kier molecular flexibility index (Phi) is 5.02. The van der Waals surface area contributed by atoms with Gasteiger partial charge in [0, 0.05) is 24.9 Å². The van der Waals surface area contributed by atoms with E-state index in [1.165, 1.54) is 6.33 Å². The highest BCUT2D eigenvalue weighted by atomic mass is 35.5. The summed E-state index contributed by atoms with van der Waals surface area (Å²) in [5, 5.41) is 13.6. The molecule has 1 aliphatic rings. The molecule has 0 saturated heterocycles. The second kappa shape index (κ2) is 8.12. The van der Waals surface area contributed by atoms with Crippen LogP contribution in [0.4, 0.5) is 0 Å². The number of rotatable bonds is 1. The van der Waals surface area contributed by atoms with E-state index in [2.05, 4.69) is 16.0 Å². The van der Waals surface area contributed by atoms with Gasteiger partial charge in [0.1, 0.15) is 5.75 Å². The summed E-state index contributed by atoms with van der Waals surface area (Å²) >= 11 is 6.46. The van der Waals surface area contributed by atoms with Crippen molar-refractivity contribution in [1.82, 2.24) is 14.5 Å². The lowest BCUT2D eigenvalue weighted by Crippen LogP contribution is -2.29. The van der Waals surface area contributed by atoms with Crippen molar-refractivity contribution >= 4 is 22.5 Å². The SMILES string of the molecule is Cn1c(=O)cc2c3cc(ccc31)C(O)(c1cnc[nH]1)c1ccc(Cl)c(c1)OCCc1cccc-2c1. The molecular weight excluding hydrogens is 462 g/mol. The lowest BCUT2D eigenvalue weighted by atomic mass is 9.82. The van der Waals surface area contributed by atoms with Crippen LogP contribution in [0.25, 0.3) is 22.0 Å². The fourth-order valence-electron chi connectivity index (χ4n) is 4.87. The minimum atomic E-state index is -1.56. The number of aryl methyl sites for hydroxylation is 1. The normalized spacial score (nSPS) is 17.2. The second-order valence-corrected chi connectivity index (χ2v) is 9.21. The van der Waals surface area contributed by atoms with Gasteiger partial charge >= 0.3 is 0 Å². The third-order valence-corrected chi connectivity index (χ3v) is 7.10. The molecule has 1 aliphatic heterocycles. The number of nitrogens with one attached hydrogen (secondary N) is 1. The van der Waals surface area contributed by atoms with E-state index in [9.17, 15) is 9.90 Å². The maximum atomic E-state index is 12.8. The number of imidazole rings is 1. The van der Waals surface area contributed by atoms with Gasteiger partial charge in [-0.3, -0.25) is 4.79 Å². The first-order valence-electron chi connectivity index (χ1n) is 11.3. The second-order valence-electron chi connectivity index (χ2n) is 8.81. The van der Waals surface area contributed by atoms with Gasteiger partial charge < -0.3 is 19.4 Å². The number of fused-ring (bicyclic) bond motifs is 6. The first kappa shape index (κ1) is 21.6. The molecule has 6 rings (SSSR count). The van der Waals surface area contributed by atoms with E-state index in [4.69, 9.17) is 16.3 Å². The van der Waals surface area contributed by atoms with E-state index in [1.807, 2.05) is 36.4 Å². The third kappa shape index (κ3) is 3.45. The Bertz CT molecular complexity index is 1640.